The number of hydrogen-bond acceptors (Lipinski definition) is 7. The van der Waals surface area contributed by atoms with E-state index in [1.54, 1.807) is 12.1 Å². The minimum atomic E-state index is -0.625. The van der Waals surface area contributed by atoms with Crippen LogP contribution < -0.4 is 14.8 Å². The van der Waals surface area contributed by atoms with Gasteiger partial charge < -0.3 is 19.5 Å². The van der Waals surface area contributed by atoms with E-state index in [-0.39, 0.29) is 0 Å². The van der Waals surface area contributed by atoms with Crippen molar-refractivity contribution in [3.8, 4) is 22.8 Å². The van der Waals surface area contributed by atoms with Crippen LogP contribution in [0.1, 0.15) is 33.3 Å². The molecule has 144 valence electrons. The zero-order valence-corrected chi connectivity index (χ0v) is 16.8. The number of aromatic nitrogens is 1. The Morgan fingerprint density at radius 1 is 1.14 bits per heavy atom. The van der Waals surface area contributed by atoms with E-state index in [1.165, 1.54) is 36.7 Å². The van der Waals surface area contributed by atoms with Crippen LogP contribution in [0.25, 0.3) is 11.3 Å². The standard InChI is InChI=1S/C21H20N2O4S/c1-11-5-6-13(12(2)9-11)15-10-28-21(22-15)23-19-14-7-8-16(25-3)18(26-4)17(14)20(24)27-19/h5-10,19H,1-4H3,(H,22,23)/t19-/m1/s1. The number of nitrogens with one attached hydrogen (secondary N) is 1. The van der Waals surface area contributed by atoms with Crippen LogP contribution in [-0.2, 0) is 4.74 Å². The van der Waals surface area contributed by atoms with Crippen molar-refractivity contribution in [2.45, 2.75) is 20.1 Å². The second-order valence-electron chi connectivity index (χ2n) is 6.55. The van der Waals surface area contributed by atoms with Gasteiger partial charge in [0.25, 0.3) is 0 Å². The summed E-state index contributed by atoms with van der Waals surface area (Å²) >= 11 is 1.47. The maximum absolute atomic E-state index is 12.4. The molecule has 0 radical (unpaired) electrons. The van der Waals surface area contributed by atoms with Gasteiger partial charge in [-0.25, -0.2) is 9.78 Å². The number of carbonyl (C=O) groups is 1. The molecule has 1 atom stereocenters. The van der Waals surface area contributed by atoms with Gasteiger partial charge in [-0.15, -0.1) is 11.3 Å². The van der Waals surface area contributed by atoms with E-state index in [0.29, 0.717) is 27.8 Å². The fraction of sp³-hybridized carbons (Fsp3) is 0.238. The lowest BCUT2D eigenvalue weighted by Gasteiger charge is -2.13. The first-order valence-electron chi connectivity index (χ1n) is 8.77. The Kier molecular flexibility index (Phi) is 4.68. The minimum Gasteiger partial charge on any atom is -0.493 e. The number of hydrogen-bond donors (Lipinski definition) is 1. The fourth-order valence-corrected chi connectivity index (χ4v) is 4.11. The molecule has 0 aliphatic carbocycles. The van der Waals surface area contributed by atoms with Crippen molar-refractivity contribution < 1.29 is 19.0 Å². The lowest BCUT2D eigenvalue weighted by Crippen LogP contribution is -2.10. The van der Waals surface area contributed by atoms with Gasteiger partial charge >= 0.3 is 5.97 Å². The number of rotatable bonds is 5. The van der Waals surface area contributed by atoms with Crippen molar-refractivity contribution in [2.24, 2.45) is 0 Å². The van der Waals surface area contributed by atoms with E-state index in [2.05, 4.69) is 42.3 Å². The largest absolute Gasteiger partial charge is 0.493 e. The van der Waals surface area contributed by atoms with Gasteiger partial charge in [0.1, 0.15) is 5.56 Å². The average Bonchev–Trinajstić information content (AvgIpc) is 3.26. The molecule has 4 rings (SSSR count). The SMILES string of the molecule is COc1ccc2c(c1OC)C(=O)O[C@H]2Nc1nc(-c2ccc(C)cc2C)cs1. The van der Waals surface area contributed by atoms with Crippen LogP contribution in [0.15, 0.2) is 35.7 Å². The van der Waals surface area contributed by atoms with E-state index in [1.807, 2.05) is 5.38 Å². The van der Waals surface area contributed by atoms with E-state index in [4.69, 9.17) is 14.2 Å². The maximum Gasteiger partial charge on any atom is 0.344 e. The summed E-state index contributed by atoms with van der Waals surface area (Å²) in [7, 11) is 3.04. The predicted octanol–water partition coefficient (Wildman–Crippen LogP) is 4.73. The molecule has 0 saturated heterocycles. The first-order chi connectivity index (χ1) is 13.5. The number of fused-ring (bicyclic) bond motifs is 1. The highest BCUT2D eigenvalue weighted by Crippen LogP contribution is 2.42. The predicted molar refractivity (Wildman–Crippen MR) is 108 cm³/mol. The maximum atomic E-state index is 12.4. The second-order valence-corrected chi connectivity index (χ2v) is 7.41. The molecule has 0 unspecified atom stereocenters. The number of anilines is 1. The van der Waals surface area contributed by atoms with Crippen molar-refractivity contribution >= 4 is 22.4 Å². The van der Waals surface area contributed by atoms with E-state index in [0.717, 1.165) is 11.3 Å². The van der Waals surface area contributed by atoms with Crippen molar-refractivity contribution in [1.82, 2.24) is 4.98 Å². The molecule has 0 amide bonds. The second kappa shape index (κ2) is 7.16. The lowest BCUT2D eigenvalue weighted by atomic mass is 10.0. The van der Waals surface area contributed by atoms with E-state index in [9.17, 15) is 4.79 Å². The van der Waals surface area contributed by atoms with Crippen LogP contribution in [0.4, 0.5) is 5.13 Å². The van der Waals surface area contributed by atoms with Crippen LogP contribution in [0.5, 0.6) is 11.5 Å². The van der Waals surface area contributed by atoms with Crippen molar-refractivity contribution in [2.75, 3.05) is 19.5 Å². The molecule has 3 aromatic rings. The number of esters is 1. The third kappa shape index (κ3) is 3.07. The molecule has 6 nitrogen and oxygen atoms in total. The van der Waals surface area contributed by atoms with Crippen LogP contribution in [0, 0.1) is 13.8 Å². The van der Waals surface area contributed by atoms with Crippen LogP contribution in [0.3, 0.4) is 0 Å². The molecule has 0 spiro atoms. The summed E-state index contributed by atoms with van der Waals surface area (Å²) in [5.41, 5.74) is 5.45. The molecule has 2 aromatic carbocycles. The number of ether oxygens (including phenoxy) is 3. The molecular formula is C21H20N2O4S. The molecule has 28 heavy (non-hydrogen) atoms. The number of thiazole rings is 1. The van der Waals surface area contributed by atoms with Gasteiger partial charge in [-0.05, 0) is 31.5 Å². The Balaban J connectivity index is 1.62. The first kappa shape index (κ1) is 18.3. The highest BCUT2D eigenvalue weighted by atomic mass is 32.1. The summed E-state index contributed by atoms with van der Waals surface area (Å²) in [5, 5.41) is 5.87. The van der Waals surface area contributed by atoms with Crippen LogP contribution in [0.2, 0.25) is 0 Å². The number of cyclic esters (lactones) is 1. The zero-order valence-electron chi connectivity index (χ0n) is 16.0. The van der Waals surface area contributed by atoms with Crippen LogP contribution >= 0.6 is 11.3 Å². The quantitative estimate of drug-likeness (QED) is 0.629. The summed E-state index contributed by atoms with van der Waals surface area (Å²) in [6.07, 6.45) is -0.625. The Morgan fingerprint density at radius 3 is 2.68 bits per heavy atom. The molecule has 2 heterocycles. The minimum absolute atomic E-state index is 0.379. The van der Waals surface area contributed by atoms with Gasteiger partial charge in [0.15, 0.2) is 16.6 Å². The number of methoxy groups -OCH3 is 2. The van der Waals surface area contributed by atoms with E-state index >= 15 is 0 Å². The van der Waals surface area contributed by atoms with Crippen molar-refractivity contribution in [3.05, 3.63) is 58.0 Å². The topological polar surface area (TPSA) is 69.7 Å². The number of benzene rings is 2. The van der Waals surface area contributed by atoms with E-state index < -0.39 is 12.2 Å². The Hall–Kier alpha value is -3.06. The summed E-state index contributed by atoms with van der Waals surface area (Å²) in [6, 6.07) is 9.85. The lowest BCUT2D eigenvalue weighted by molar-refractivity contribution is 0.0435. The summed E-state index contributed by atoms with van der Waals surface area (Å²) in [4.78, 5) is 17.1. The van der Waals surface area contributed by atoms with Gasteiger partial charge in [0, 0.05) is 16.5 Å². The van der Waals surface area contributed by atoms with Gasteiger partial charge in [-0.1, -0.05) is 23.8 Å². The summed E-state index contributed by atoms with van der Waals surface area (Å²) in [5.74, 6) is 0.420. The first-order valence-corrected chi connectivity index (χ1v) is 9.65. The number of carbonyl (C=O) groups excluding carboxylic acids is 1. The van der Waals surface area contributed by atoms with Crippen LogP contribution in [-0.4, -0.2) is 25.2 Å². The smallest absolute Gasteiger partial charge is 0.344 e. The van der Waals surface area contributed by atoms with Gasteiger partial charge in [-0.2, -0.15) is 0 Å². The van der Waals surface area contributed by atoms with Crippen molar-refractivity contribution in [1.29, 1.82) is 0 Å². The van der Waals surface area contributed by atoms with Crippen molar-refractivity contribution in [3.63, 3.8) is 0 Å². The molecule has 0 bridgehead atoms. The molecule has 1 aliphatic rings. The number of aryl methyl sites for hydroxylation is 2. The van der Waals surface area contributed by atoms with Gasteiger partial charge in [-0.3, -0.25) is 0 Å². The molecule has 1 aromatic heterocycles. The molecule has 0 fully saturated rings. The Labute approximate surface area is 167 Å². The Bertz CT molecular complexity index is 1060. The fourth-order valence-electron chi connectivity index (χ4n) is 3.38. The Morgan fingerprint density at radius 2 is 1.96 bits per heavy atom. The molecule has 1 N–H and O–H groups in total. The average molecular weight is 396 g/mol. The third-order valence-corrected chi connectivity index (χ3v) is 5.48. The highest BCUT2D eigenvalue weighted by molar-refractivity contribution is 7.14. The molecule has 7 heteroatoms. The third-order valence-electron chi connectivity index (χ3n) is 4.71. The molecule has 0 saturated carbocycles. The summed E-state index contributed by atoms with van der Waals surface area (Å²) in [6.45, 7) is 4.14. The molecular weight excluding hydrogens is 376 g/mol. The number of nitrogens with zero attached hydrogens (tertiary/aromatic N) is 1. The monoisotopic (exact) mass is 396 g/mol. The highest BCUT2D eigenvalue weighted by Gasteiger charge is 2.36. The summed E-state index contributed by atoms with van der Waals surface area (Å²) < 4.78 is 16.2. The zero-order chi connectivity index (χ0) is 19.8. The van der Waals surface area contributed by atoms with Gasteiger partial charge in [0.2, 0.25) is 6.23 Å². The normalized spacial score (nSPS) is 15.1. The molecule has 1 aliphatic heterocycles. The van der Waals surface area contributed by atoms with Gasteiger partial charge in [0.05, 0.1) is 19.9 Å².